The molecular formula is C20H17ClN2O4. The molecule has 3 aromatic rings. The standard InChI is InChI=1S/C20H17ClN2O4/c1-2-26-19(24)17-12-23(16-10-8-15(21)9-11-16)22-18(17)20(25)27-13-14-6-4-3-5-7-14/h3-12H,2,13H2,1H3. The van der Waals surface area contributed by atoms with E-state index in [0.717, 1.165) is 5.56 Å². The van der Waals surface area contributed by atoms with Gasteiger partial charge in [-0.05, 0) is 36.8 Å². The summed E-state index contributed by atoms with van der Waals surface area (Å²) < 4.78 is 11.8. The molecule has 0 aliphatic heterocycles. The second-order valence-electron chi connectivity index (χ2n) is 5.59. The van der Waals surface area contributed by atoms with Crippen molar-refractivity contribution in [1.82, 2.24) is 9.78 Å². The van der Waals surface area contributed by atoms with E-state index in [4.69, 9.17) is 21.1 Å². The predicted octanol–water partition coefficient (Wildman–Crippen LogP) is 4.06. The zero-order valence-corrected chi connectivity index (χ0v) is 15.3. The Morgan fingerprint density at radius 1 is 1.00 bits per heavy atom. The predicted molar refractivity (Wildman–Crippen MR) is 100 cm³/mol. The van der Waals surface area contributed by atoms with E-state index in [1.807, 2.05) is 30.3 Å². The molecule has 0 bridgehead atoms. The first-order valence-corrected chi connectivity index (χ1v) is 8.70. The Kier molecular flexibility index (Phi) is 5.88. The monoisotopic (exact) mass is 384 g/mol. The Labute approximate surface area is 161 Å². The van der Waals surface area contributed by atoms with Gasteiger partial charge in [0.15, 0.2) is 5.69 Å². The Bertz CT molecular complexity index is 936. The van der Waals surface area contributed by atoms with Crippen LogP contribution in [0.4, 0.5) is 0 Å². The fourth-order valence-corrected chi connectivity index (χ4v) is 2.53. The molecule has 2 aromatic carbocycles. The van der Waals surface area contributed by atoms with E-state index in [1.165, 1.54) is 10.9 Å². The van der Waals surface area contributed by atoms with Gasteiger partial charge >= 0.3 is 11.9 Å². The summed E-state index contributed by atoms with van der Waals surface area (Å²) in [7, 11) is 0. The Balaban J connectivity index is 1.88. The lowest BCUT2D eigenvalue weighted by atomic mass is 10.2. The maximum atomic E-state index is 12.5. The molecular weight excluding hydrogens is 368 g/mol. The molecule has 1 aromatic heterocycles. The zero-order chi connectivity index (χ0) is 19.2. The van der Waals surface area contributed by atoms with Crippen molar-refractivity contribution in [3.8, 4) is 5.69 Å². The van der Waals surface area contributed by atoms with Crippen LogP contribution in [0, 0.1) is 0 Å². The van der Waals surface area contributed by atoms with Crippen molar-refractivity contribution in [3.05, 3.63) is 82.6 Å². The third kappa shape index (κ3) is 4.54. The van der Waals surface area contributed by atoms with Crippen LogP contribution in [-0.2, 0) is 16.1 Å². The van der Waals surface area contributed by atoms with Gasteiger partial charge in [-0.3, -0.25) is 0 Å². The first-order valence-electron chi connectivity index (χ1n) is 8.32. The molecule has 7 heteroatoms. The molecule has 0 N–H and O–H groups in total. The lowest BCUT2D eigenvalue weighted by Crippen LogP contribution is -2.13. The molecule has 0 fully saturated rings. The smallest absolute Gasteiger partial charge is 0.360 e. The van der Waals surface area contributed by atoms with Gasteiger partial charge in [0.2, 0.25) is 0 Å². The van der Waals surface area contributed by atoms with Crippen LogP contribution in [-0.4, -0.2) is 28.3 Å². The molecule has 6 nitrogen and oxygen atoms in total. The van der Waals surface area contributed by atoms with E-state index >= 15 is 0 Å². The van der Waals surface area contributed by atoms with Crippen molar-refractivity contribution in [2.45, 2.75) is 13.5 Å². The summed E-state index contributed by atoms with van der Waals surface area (Å²) >= 11 is 5.90. The second kappa shape index (κ2) is 8.51. The van der Waals surface area contributed by atoms with Crippen molar-refractivity contribution < 1.29 is 19.1 Å². The summed E-state index contributed by atoms with van der Waals surface area (Å²) in [6.45, 7) is 1.95. The van der Waals surface area contributed by atoms with E-state index < -0.39 is 11.9 Å². The molecule has 138 valence electrons. The van der Waals surface area contributed by atoms with Crippen LogP contribution in [0.25, 0.3) is 5.69 Å². The third-order valence-electron chi connectivity index (χ3n) is 3.71. The summed E-state index contributed by atoms with van der Waals surface area (Å²) in [4.78, 5) is 24.8. The summed E-state index contributed by atoms with van der Waals surface area (Å²) in [6, 6.07) is 16.1. The van der Waals surface area contributed by atoms with Crippen LogP contribution >= 0.6 is 11.6 Å². The Hall–Kier alpha value is -3.12. The molecule has 0 saturated heterocycles. The highest BCUT2D eigenvalue weighted by Crippen LogP contribution is 2.18. The molecule has 0 aliphatic carbocycles. The van der Waals surface area contributed by atoms with Crippen LogP contribution in [0.2, 0.25) is 5.02 Å². The minimum Gasteiger partial charge on any atom is -0.462 e. The first kappa shape index (κ1) is 18.7. The van der Waals surface area contributed by atoms with Crippen LogP contribution in [0.3, 0.4) is 0 Å². The van der Waals surface area contributed by atoms with E-state index in [1.54, 1.807) is 31.2 Å². The van der Waals surface area contributed by atoms with Crippen LogP contribution in [0.1, 0.15) is 33.3 Å². The van der Waals surface area contributed by atoms with Gasteiger partial charge in [0.05, 0.1) is 12.3 Å². The van der Waals surface area contributed by atoms with Gasteiger partial charge in [-0.25, -0.2) is 14.3 Å². The molecule has 1 heterocycles. The molecule has 0 atom stereocenters. The van der Waals surface area contributed by atoms with Gasteiger partial charge in [0.1, 0.15) is 12.2 Å². The first-order chi connectivity index (χ1) is 13.1. The van der Waals surface area contributed by atoms with Crippen molar-refractivity contribution in [2.24, 2.45) is 0 Å². The number of benzene rings is 2. The molecule has 3 rings (SSSR count). The number of rotatable bonds is 6. The average molecular weight is 385 g/mol. The lowest BCUT2D eigenvalue weighted by Gasteiger charge is -2.04. The largest absolute Gasteiger partial charge is 0.462 e. The highest BCUT2D eigenvalue weighted by molar-refractivity contribution is 6.30. The lowest BCUT2D eigenvalue weighted by molar-refractivity contribution is 0.0439. The SMILES string of the molecule is CCOC(=O)c1cn(-c2ccc(Cl)cc2)nc1C(=O)OCc1ccccc1. The van der Waals surface area contributed by atoms with Crippen molar-refractivity contribution >= 4 is 23.5 Å². The number of carbonyl (C=O) groups is 2. The molecule has 0 unspecified atom stereocenters. The maximum Gasteiger partial charge on any atom is 0.360 e. The van der Waals surface area contributed by atoms with Gasteiger partial charge in [0.25, 0.3) is 0 Å². The topological polar surface area (TPSA) is 70.4 Å². The summed E-state index contributed by atoms with van der Waals surface area (Å²) in [5.74, 6) is -1.33. The van der Waals surface area contributed by atoms with Gasteiger partial charge in [-0.15, -0.1) is 0 Å². The molecule has 0 saturated carbocycles. The third-order valence-corrected chi connectivity index (χ3v) is 3.96. The van der Waals surface area contributed by atoms with E-state index in [2.05, 4.69) is 5.10 Å². The summed E-state index contributed by atoms with van der Waals surface area (Å²) in [5.41, 5.74) is 1.43. The quantitative estimate of drug-likeness (QED) is 0.599. The average Bonchev–Trinajstić information content (AvgIpc) is 3.13. The molecule has 0 radical (unpaired) electrons. The number of carbonyl (C=O) groups excluding carboxylic acids is 2. The van der Waals surface area contributed by atoms with Crippen LogP contribution < -0.4 is 0 Å². The minimum atomic E-state index is -0.699. The highest BCUT2D eigenvalue weighted by Gasteiger charge is 2.25. The van der Waals surface area contributed by atoms with Crippen molar-refractivity contribution in [1.29, 1.82) is 0 Å². The van der Waals surface area contributed by atoms with Crippen molar-refractivity contribution in [2.75, 3.05) is 6.61 Å². The maximum absolute atomic E-state index is 12.5. The van der Waals surface area contributed by atoms with E-state index in [-0.39, 0.29) is 24.5 Å². The number of aromatic nitrogens is 2. The molecule has 27 heavy (non-hydrogen) atoms. The zero-order valence-electron chi connectivity index (χ0n) is 14.6. The van der Waals surface area contributed by atoms with E-state index in [0.29, 0.717) is 10.7 Å². The molecule has 0 spiro atoms. The summed E-state index contributed by atoms with van der Waals surface area (Å²) in [6.07, 6.45) is 1.44. The number of esters is 2. The number of hydrogen-bond donors (Lipinski definition) is 0. The minimum absolute atomic E-state index is 0.0462. The van der Waals surface area contributed by atoms with Gasteiger partial charge in [-0.1, -0.05) is 41.9 Å². The van der Waals surface area contributed by atoms with Gasteiger partial charge in [0, 0.05) is 11.2 Å². The fourth-order valence-electron chi connectivity index (χ4n) is 2.40. The number of nitrogens with zero attached hydrogens (tertiary/aromatic N) is 2. The van der Waals surface area contributed by atoms with E-state index in [9.17, 15) is 9.59 Å². The van der Waals surface area contributed by atoms with Crippen LogP contribution in [0.15, 0.2) is 60.8 Å². The highest BCUT2D eigenvalue weighted by atomic mass is 35.5. The second-order valence-corrected chi connectivity index (χ2v) is 6.03. The number of ether oxygens (including phenoxy) is 2. The van der Waals surface area contributed by atoms with Crippen molar-refractivity contribution in [3.63, 3.8) is 0 Å². The fraction of sp³-hybridized carbons (Fsp3) is 0.150. The summed E-state index contributed by atoms with van der Waals surface area (Å²) in [5, 5.41) is 4.79. The molecule has 0 amide bonds. The number of hydrogen-bond acceptors (Lipinski definition) is 5. The van der Waals surface area contributed by atoms with Gasteiger partial charge in [-0.2, -0.15) is 5.10 Å². The Morgan fingerprint density at radius 3 is 2.37 bits per heavy atom. The Morgan fingerprint density at radius 2 is 1.70 bits per heavy atom. The number of halogens is 1. The molecule has 0 aliphatic rings. The normalized spacial score (nSPS) is 10.4. The van der Waals surface area contributed by atoms with Crippen LogP contribution in [0.5, 0.6) is 0 Å². The van der Waals surface area contributed by atoms with Gasteiger partial charge < -0.3 is 9.47 Å².